The topological polar surface area (TPSA) is 98.7 Å². The third-order valence-electron chi connectivity index (χ3n) is 6.03. The SMILES string of the molecule is CCN(CCNC(=O)CCC(=O)c1ccc2c(c1)CCNCC2)c1ccccc1C.O=C(O)C(F)(F)F. The lowest BCUT2D eigenvalue weighted by Gasteiger charge is -2.25. The number of hydrogen-bond donors (Lipinski definition) is 3. The second-order valence-electron chi connectivity index (χ2n) is 8.68. The Morgan fingerprint density at radius 3 is 2.30 bits per heavy atom. The quantitative estimate of drug-likeness (QED) is 0.433. The summed E-state index contributed by atoms with van der Waals surface area (Å²) < 4.78 is 31.7. The van der Waals surface area contributed by atoms with Crippen LogP contribution in [-0.2, 0) is 22.4 Å². The van der Waals surface area contributed by atoms with E-state index in [1.54, 1.807) is 0 Å². The highest BCUT2D eigenvalue weighted by Crippen LogP contribution is 2.19. The molecule has 0 aromatic heterocycles. The number of Topliss-reactive ketones (excluding diaryl/α,β-unsaturated/α-hetero) is 1. The molecular weight excluding hydrogens is 487 g/mol. The first kappa shape index (κ1) is 29.8. The summed E-state index contributed by atoms with van der Waals surface area (Å²) >= 11 is 0. The van der Waals surface area contributed by atoms with E-state index in [2.05, 4.69) is 47.6 Å². The van der Waals surface area contributed by atoms with Crippen LogP contribution in [0, 0.1) is 6.92 Å². The Labute approximate surface area is 215 Å². The minimum absolute atomic E-state index is 0.0419. The van der Waals surface area contributed by atoms with Crippen molar-refractivity contribution in [2.24, 2.45) is 0 Å². The summed E-state index contributed by atoms with van der Waals surface area (Å²) in [6.07, 6.45) is -2.65. The second-order valence-corrected chi connectivity index (χ2v) is 8.68. The Morgan fingerprint density at radius 2 is 1.68 bits per heavy atom. The fourth-order valence-corrected chi connectivity index (χ4v) is 4.00. The van der Waals surface area contributed by atoms with Crippen LogP contribution in [0.25, 0.3) is 0 Å². The van der Waals surface area contributed by atoms with Gasteiger partial charge in [-0.3, -0.25) is 9.59 Å². The fraction of sp³-hybridized carbons (Fsp3) is 0.444. The maximum Gasteiger partial charge on any atom is 0.490 e. The van der Waals surface area contributed by atoms with Gasteiger partial charge in [-0.1, -0.05) is 30.3 Å². The minimum Gasteiger partial charge on any atom is -0.475 e. The van der Waals surface area contributed by atoms with E-state index >= 15 is 0 Å². The summed E-state index contributed by atoms with van der Waals surface area (Å²) in [4.78, 5) is 36.0. The van der Waals surface area contributed by atoms with Crippen molar-refractivity contribution < 1.29 is 32.7 Å². The van der Waals surface area contributed by atoms with Gasteiger partial charge < -0.3 is 20.6 Å². The molecule has 10 heteroatoms. The van der Waals surface area contributed by atoms with Gasteiger partial charge >= 0.3 is 12.1 Å². The van der Waals surface area contributed by atoms with Crippen LogP contribution in [-0.4, -0.2) is 61.7 Å². The number of fused-ring (bicyclic) bond motifs is 1. The van der Waals surface area contributed by atoms with E-state index in [0.29, 0.717) is 6.54 Å². The fourth-order valence-electron chi connectivity index (χ4n) is 4.00. The lowest BCUT2D eigenvalue weighted by atomic mass is 9.97. The molecule has 0 saturated carbocycles. The number of halogens is 3. The molecule has 3 rings (SSSR count). The van der Waals surface area contributed by atoms with Gasteiger partial charge in [0, 0.05) is 43.7 Å². The van der Waals surface area contributed by atoms with E-state index in [4.69, 9.17) is 9.90 Å². The predicted molar refractivity (Wildman–Crippen MR) is 136 cm³/mol. The van der Waals surface area contributed by atoms with Gasteiger partial charge in [-0.2, -0.15) is 13.2 Å². The number of anilines is 1. The molecule has 0 bridgehead atoms. The zero-order valence-electron chi connectivity index (χ0n) is 21.2. The molecule has 0 fully saturated rings. The Hall–Kier alpha value is -3.40. The molecule has 0 saturated heterocycles. The number of aryl methyl sites for hydroxylation is 1. The molecule has 0 radical (unpaired) electrons. The van der Waals surface area contributed by atoms with Crippen LogP contribution in [0.3, 0.4) is 0 Å². The number of carbonyl (C=O) groups excluding carboxylic acids is 2. The van der Waals surface area contributed by atoms with Gasteiger partial charge in [0.05, 0.1) is 0 Å². The van der Waals surface area contributed by atoms with E-state index in [1.165, 1.54) is 22.4 Å². The number of carboxylic acids is 1. The monoisotopic (exact) mass is 521 g/mol. The predicted octanol–water partition coefficient (Wildman–Crippen LogP) is 3.92. The van der Waals surface area contributed by atoms with Crippen molar-refractivity contribution in [2.45, 2.75) is 45.7 Å². The number of ketones is 1. The van der Waals surface area contributed by atoms with Gasteiger partial charge in [0.1, 0.15) is 0 Å². The molecule has 1 aliphatic rings. The van der Waals surface area contributed by atoms with Crippen LogP contribution >= 0.6 is 0 Å². The molecule has 3 N–H and O–H groups in total. The average molecular weight is 522 g/mol. The number of carboxylic acid groups (broad SMARTS) is 1. The van der Waals surface area contributed by atoms with Gasteiger partial charge in [0.15, 0.2) is 5.78 Å². The number of nitrogens with zero attached hydrogens (tertiary/aromatic N) is 1. The molecule has 0 spiro atoms. The van der Waals surface area contributed by atoms with Gasteiger partial charge in [0.2, 0.25) is 5.91 Å². The molecule has 0 aliphatic carbocycles. The first-order valence-corrected chi connectivity index (χ1v) is 12.3. The summed E-state index contributed by atoms with van der Waals surface area (Å²) in [6, 6.07) is 14.3. The van der Waals surface area contributed by atoms with Crippen molar-refractivity contribution in [2.75, 3.05) is 37.6 Å². The largest absolute Gasteiger partial charge is 0.490 e. The Bertz CT molecular complexity index is 1070. The molecule has 1 heterocycles. The van der Waals surface area contributed by atoms with Crippen LogP contribution in [0.1, 0.15) is 46.8 Å². The number of aliphatic carboxylic acids is 1. The highest BCUT2D eigenvalue weighted by Gasteiger charge is 2.38. The maximum absolute atomic E-state index is 12.6. The standard InChI is InChI=1S/C25H33N3O2.C2HF3O2/c1-3-28(23-7-5-4-6-19(23)2)17-16-27-25(30)11-10-24(29)22-9-8-20-12-14-26-15-13-21(20)18-22;3-2(4,5)1(6)7/h4-9,18,26H,3,10-17H2,1-2H3,(H,27,30);(H,6,7). The molecule has 0 atom stereocenters. The zero-order chi connectivity index (χ0) is 27.4. The summed E-state index contributed by atoms with van der Waals surface area (Å²) in [6.45, 7) is 8.35. The van der Waals surface area contributed by atoms with E-state index < -0.39 is 12.1 Å². The number of benzene rings is 2. The van der Waals surface area contributed by atoms with Crippen molar-refractivity contribution in [3.63, 3.8) is 0 Å². The smallest absolute Gasteiger partial charge is 0.475 e. The Morgan fingerprint density at radius 1 is 1.03 bits per heavy atom. The van der Waals surface area contributed by atoms with E-state index in [9.17, 15) is 22.8 Å². The van der Waals surface area contributed by atoms with Crippen LogP contribution in [0.5, 0.6) is 0 Å². The van der Waals surface area contributed by atoms with E-state index in [-0.39, 0.29) is 24.5 Å². The lowest BCUT2D eigenvalue weighted by Crippen LogP contribution is -2.35. The average Bonchev–Trinajstić information content (AvgIpc) is 3.10. The highest BCUT2D eigenvalue weighted by atomic mass is 19.4. The van der Waals surface area contributed by atoms with Crippen molar-refractivity contribution in [1.29, 1.82) is 0 Å². The zero-order valence-corrected chi connectivity index (χ0v) is 21.2. The molecule has 0 unspecified atom stereocenters. The Kier molecular flexibility index (Phi) is 11.6. The molecule has 202 valence electrons. The number of para-hydroxylation sites is 1. The Balaban J connectivity index is 0.000000604. The van der Waals surface area contributed by atoms with Crippen molar-refractivity contribution in [3.8, 4) is 0 Å². The molecule has 1 amide bonds. The summed E-state index contributed by atoms with van der Waals surface area (Å²) in [5, 5.41) is 13.5. The van der Waals surface area contributed by atoms with E-state index in [1.807, 2.05) is 24.3 Å². The molecular formula is C27H34F3N3O4. The molecule has 2 aromatic rings. The van der Waals surface area contributed by atoms with Gasteiger partial charge in [-0.05, 0) is 68.6 Å². The van der Waals surface area contributed by atoms with Crippen LogP contribution in [0.4, 0.5) is 18.9 Å². The van der Waals surface area contributed by atoms with Crippen molar-refractivity contribution in [1.82, 2.24) is 10.6 Å². The van der Waals surface area contributed by atoms with Crippen molar-refractivity contribution >= 4 is 23.3 Å². The number of amides is 1. The third kappa shape index (κ3) is 9.87. The number of nitrogens with one attached hydrogen (secondary N) is 2. The summed E-state index contributed by atoms with van der Waals surface area (Å²) in [5.41, 5.74) is 5.73. The number of rotatable bonds is 9. The highest BCUT2D eigenvalue weighted by molar-refractivity contribution is 5.98. The normalized spacial score (nSPS) is 12.9. The number of likely N-dealkylation sites (N-methyl/N-ethyl adjacent to an activating group) is 1. The minimum atomic E-state index is -5.08. The van der Waals surface area contributed by atoms with Crippen LogP contribution < -0.4 is 15.5 Å². The number of carbonyl (C=O) groups is 3. The maximum atomic E-state index is 12.6. The second kappa shape index (κ2) is 14.4. The molecule has 2 aromatic carbocycles. The molecule has 1 aliphatic heterocycles. The molecule has 7 nitrogen and oxygen atoms in total. The van der Waals surface area contributed by atoms with E-state index in [0.717, 1.165) is 44.6 Å². The first-order chi connectivity index (χ1) is 17.5. The van der Waals surface area contributed by atoms with Crippen molar-refractivity contribution in [3.05, 3.63) is 64.7 Å². The first-order valence-electron chi connectivity index (χ1n) is 12.3. The third-order valence-corrected chi connectivity index (χ3v) is 6.03. The number of hydrogen-bond acceptors (Lipinski definition) is 5. The van der Waals surface area contributed by atoms with Crippen LogP contribution in [0.2, 0.25) is 0 Å². The van der Waals surface area contributed by atoms with Gasteiger partial charge in [-0.25, -0.2) is 4.79 Å². The van der Waals surface area contributed by atoms with Crippen LogP contribution in [0.15, 0.2) is 42.5 Å². The molecule has 37 heavy (non-hydrogen) atoms. The lowest BCUT2D eigenvalue weighted by molar-refractivity contribution is -0.192. The van der Waals surface area contributed by atoms with Gasteiger partial charge in [-0.15, -0.1) is 0 Å². The van der Waals surface area contributed by atoms with Gasteiger partial charge in [0.25, 0.3) is 0 Å². The summed E-state index contributed by atoms with van der Waals surface area (Å²) in [7, 11) is 0. The summed E-state index contributed by atoms with van der Waals surface area (Å²) in [5.74, 6) is -2.78. The number of alkyl halides is 3.